The van der Waals surface area contributed by atoms with Crippen molar-refractivity contribution in [3.8, 4) is 0 Å². The quantitative estimate of drug-likeness (QED) is 0.491. The molecule has 0 saturated heterocycles. The molecule has 1 aromatic rings. The molecule has 0 spiro atoms. The molecule has 0 heterocycles. The van der Waals surface area contributed by atoms with E-state index in [0.717, 1.165) is 6.42 Å². The fraction of sp³-hybridized carbons (Fsp3) is 0.250. The van der Waals surface area contributed by atoms with Crippen LogP contribution in [0.3, 0.4) is 0 Å². The van der Waals surface area contributed by atoms with Gasteiger partial charge in [0.2, 0.25) is 9.28 Å². The van der Waals surface area contributed by atoms with Crippen molar-refractivity contribution in [2.24, 2.45) is 0 Å². The Morgan fingerprint density at radius 3 is 2.73 bits per heavy atom. The molecule has 7 heteroatoms. The Bertz CT molecular complexity index is 296. The van der Waals surface area contributed by atoms with E-state index >= 15 is 0 Å². The molecule has 1 aromatic carbocycles. The van der Waals surface area contributed by atoms with E-state index < -0.39 is 17.5 Å². The highest BCUT2D eigenvalue weighted by molar-refractivity contribution is 7.38. The minimum absolute atomic E-state index is 0.0890. The van der Waals surface area contributed by atoms with Crippen molar-refractivity contribution in [3.63, 3.8) is 0 Å². The summed E-state index contributed by atoms with van der Waals surface area (Å²) >= 11 is 0. The van der Waals surface area contributed by atoms with Crippen molar-refractivity contribution in [2.45, 2.75) is 6.42 Å². The van der Waals surface area contributed by atoms with Gasteiger partial charge in [0.15, 0.2) is 0 Å². The fourth-order valence-corrected chi connectivity index (χ4v) is 10.9. The molecule has 0 aliphatic rings. The molecule has 0 aliphatic heterocycles. The molecule has 1 atom stereocenters. The maximum absolute atomic E-state index is 11.2. The van der Waals surface area contributed by atoms with E-state index in [0.29, 0.717) is 6.61 Å². The van der Waals surface area contributed by atoms with Crippen LogP contribution in [0.15, 0.2) is 30.3 Å². The largest absolute Gasteiger partial charge is 0.684 e. The van der Waals surface area contributed by atoms with E-state index in [1.165, 1.54) is 15.3 Å². The zero-order chi connectivity index (χ0) is 10.9. The van der Waals surface area contributed by atoms with Gasteiger partial charge >= 0.3 is 8.25 Å². The van der Waals surface area contributed by atoms with Crippen LogP contribution < -0.4 is 0 Å². The fourth-order valence-electron chi connectivity index (χ4n) is 1.09. The van der Waals surface area contributed by atoms with Gasteiger partial charge < -0.3 is 0 Å². The van der Waals surface area contributed by atoms with Crippen LogP contribution in [-0.2, 0) is 19.7 Å². The molecule has 0 radical (unpaired) electrons. The molecule has 0 N–H and O–H groups in total. The first kappa shape index (κ1) is 13.0. The van der Waals surface area contributed by atoms with Crippen LogP contribution in [0.5, 0.6) is 0 Å². The van der Waals surface area contributed by atoms with Crippen LogP contribution in [0.4, 0.5) is 0 Å². The summed E-state index contributed by atoms with van der Waals surface area (Å²) in [5.74, 6) is 0. The van der Waals surface area contributed by atoms with Crippen molar-refractivity contribution in [1.29, 1.82) is 0 Å². The van der Waals surface area contributed by atoms with Crippen LogP contribution in [0.25, 0.3) is 0 Å². The standard InChI is InChI=1S/C8H16O3PSi3/c9-12(11-14-15-13)10-7-6-8-4-2-1-3-5-8/h1-5H,6-7,14-15H2,13H3/q+1. The van der Waals surface area contributed by atoms with E-state index in [1.807, 2.05) is 30.3 Å². The average molecular weight is 275 g/mol. The molecule has 1 rings (SSSR count). The average Bonchev–Trinajstić information content (AvgIpc) is 2.28. The zero-order valence-corrected chi connectivity index (χ0v) is 14.6. The van der Waals surface area contributed by atoms with Crippen LogP contribution in [0.2, 0.25) is 0 Å². The summed E-state index contributed by atoms with van der Waals surface area (Å²) in [5.41, 5.74) is 1.20. The molecule has 0 bridgehead atoms. The minimum Gasteiger partial charge on any atom is -0.188 e. The second kappa shape index (κ2) is 8.09. The van der Waals surface area contributed by atoms with E-state index in [9.17, 15) is 4.57 Å². The Hall–Kier alpha value is -0.109. The SMILES string of the molecule is O=[P+](OCCc1ccccc1)O[SiH2][SiH2][SiH3]. The predicted octanol–water partition coefficient (Wildman–Crippen LogP) is -0.632. The van der Waals surface area contributed by atoms with Crippen molar-refractivity contribution in [1.82, 2.24) is 0 Å². The van der Waals surface area contributed by atoms with Gasteiger partial charge in [-0.25, -0.2) is 0 Å². The van der Waals surface area contributed by atoms with E-state index in [4.69, 9.17) is 8.74 Å². The van der Waals surface area contributed by atoms with Crippen LogP contribution in [-0.4, -0.2) is 34.2 Å². The highest BCUT2D eigenvalue weighted by atomic mass is 31.1. The van der Waals surface area contributed by atoms with Gasteiger partial charge in [-0.15, -0.1) is 4.52 Å². The third-order valence-electron chi connectivity index (χ3n) is 1.83. The molecule has 0 aliphatic carbocycles. The third kappa shape index (κ3) is 6.14. The summed E-state index contributed by atoms with van der Waals surface area (Å²) in [5, 5.41) is 0. The molecule has 0 fully saturated rings. The molecule has 0 amide bonds. The monoisotopic (exact) mass is 275 g/mol. The summed E-state index contributed by atoms with van der Waals surface area (Å²) in [7, 11) is -0.879. The number of hydrogen-bond acceptors (Lipinski definition) is 3. The predicted molar refractivity (Wildman–Crippen MR) is 71.8 cm³/mol. The lowest BCUT2D eigenvalue weighted by Crippen LogP contribution is -2.04. The Labute approximate surface area is 98.3 Å². The van der Waals surface area contributed by atoms with Crippen molar-refractivity contribution >= 4 is 35.9 Å². The molecule has 15 heavy (non-hydrogen) atoms. The van der Waals surface area contributed by atoms with Crippen LogP contribution in [0.1, 0.15) is 5.56 Å². The molecular formula is C8H16O3PSi3+. The second-order valence-corrected chi connectivity index (χ2v) is 19.5. The van der Waals surface area contributed by atoms with Gasteiger partial charge in [-0.3, -0.25) is 0 Å². The maximum Gasteiger partial charge on any atom is 0.684 e. The Morgan fingerprint density at radius 1 is 1.33 bits per heavy atom. The normalized spacial score (nSPS) is 13.2. The summed E-state index contributed by atoms with van der Waals surface area (Å²) in [6.07, 6.45) is 0.797. The summed E-state index contributed by atoms with van der Waals surface area (Å²) in [4.78, 5) is 0. The summed E-state index contributed by atoms with van der Waals surface area (Å²) in [6, 6.07) is 10.0. The van der Waals surface area contributed by atoms with Crippen LogP contribution in [0, 0.1) is 0 Å². The highest BCUT2D eigenvalue weighted by Gasteiger charge is 2.18. The molecule has 0 saturated carbocycles. The number of benzene rings is 1. The lowest BCUT2D eigenvalue weighted by molar-refractivity contribution is 0.294. The van der Waals surface area contributed by atoms with Gasteiger partial charge in [-0.1, -0.05) is 30.3 Å². The Morgan fingerprint density at radius 2 is 2.07 bits per heavy atom. The molecule has 82 valence electrons. The van der Waals surface area contributed by atoms with E-state index in [2.05, 4.69) is 0 Å². The lowest BCUT2D eigenvalue weighted by Gasteiger charge is -1.95. The lowest BCUT2D eigenvalue weighted by atomic mass is 10.2. The highest BCUT2D eigenvalue weighted by Crippen LogP contribution is 2.22. The van der Waals surface area contributed by atoms with Gasteiger partial charge in [0.05, 0.1) is 0 Å². The minimum atomic E-state index is -1.81. The molecule has 1 unspecified atom stereocenters. The molecular weight excluding hydrogens is 259 g/mol. The smallest absolute Gasteiger partial charge is 0.188 e. The number of rotatable bonds is 7. The molecule has 0 aromatic heterocycles. The van der Waals surface area contributed by atoms with Gasteiger partial charge in [0, 0.05) is 19.5 Å². The third-order valence-corrected chi connectivity index (χ3v) is 10.7. The first-order valence-electron chi connectivity index (χ1n) is 5.10. The first-order valence-corrected chi connectivity index (χ1v) is 16.4. The second-order valence-electron chi connectivity index (χ2n) is 3.13. The van der Waals surface area contributed by atoms with Gasteiger partial charge in [0.25, 0.3) is 0 Å². The van der Waals surface area contributed by atoms with Crippen LogP contribution >= 0.6 is 8.25 Å². The topological polar surface area (TPSA) is 35.5 Å². The van der Waals surface area contributed by atoms with Gasteiger partial charge in [-0.05, 0) is 15.3 Å². The van der Waals surface area contributed by atoms with Crippen molar-refractivity contribution in [3.05, 3.63) is 35.9 Å². The summed E-state index contributed by atoms with van der Waals surface area (Å²) < 4.78 is 21.4. The van der Waals surface area contributed by atoms with Gasteiger partial charge in [0.1, 0.15) is 6.61 Å². The summed E-state index contributed by atoms with van der Waals surface area (Å²) in [6.45, 7) is 0.482. The maximum atomic E-state index is 11.2. The molecule has 3 nitrogen and oxygen atoms in total. The first-order chi connectivity index (χ1) is 7.33. The van der Waals surface area contributed by atoms with Gasteiger partial charge in [-0.2, -0.15) is 4.21 Å². The van der Waals surface area contributed by atoms with E-state index in [1.54, 1.807) is 0 Å². The Kier molecular flexibility index (Phi) is 6.99. The number of hydrogen-bond donors (Lipinski definition) is 0. The van der Waals surface area contributed by atoms with Crippen molar-refractivity contribution < 1.29 is 13.3 Å². The van der Waals surface area contributed by atoms with Crippen molar-refractivity contribution in [2.75, 3.05) is 6.61 Å². The Balaban J connectivity index is 2.14. The van der Waals surface area contributed by atoms with E-state index in [-0.39, 0.29) is 8.55 Å². The zero-order valence-electron chi connectivity index (χ0n) is 8.89.